The number of fused-ring (bicyclic) bond motifs is 4. The number of hydrogen-bond acceptors (Lipinski definition) is 2. The van der Waals surface area contributed by atoms with Gasteiger partial charge in [0.1, 0.15) is 0 Å². The lowest BCUT2D eigenvalue weighted by Gasteiger charge is -2.46. The fourth-order valence-corrected chi connectivity index (χ4v) is 3.97. The van der Waals surface area contributed by atoms with Gasteiger partial charge in [0, 0.05) is 31.5 Å². The SMILES string of the molecule is CC(C)CNC(=O)N1CCC2(CC1)Nc1ccccc1-n1cccc12. The summed E-state index contributed by atoms with van der Waals surface area (Å²) in [6.07, 6.45) is 3.97. The first-order valence-electron chi connectivity index (χ1n) is 9.17. The minimum absolute atomic E-state index is 0.0649. The minimum atomic E-state index is -0.0906. The average molecular weight is 338 g/mol. The van der Waals surface area contributed by atoms with Gasteiger partial charge in [-0.1, -0.05) is 26.0 Å². The van der Waals surface area contributed by atoms with Gasteiger partial charge in [0.2, 0.25) is 0 Å². The van der Waals surface area contributed by atoms with Crippen LogP contribution in [0.5, 0.6) is 0 Å². The zero-order valence-corrected chi connectivity index (χ0v) is 15.0. The summed E-state index contributed by atoms with van der Waals surface area (Å²) in [6, 6.07) is 12.8. The Bertz CT molecular complexity index is 772. The molecule has 2 amide bonds. The molecule has 0 atom stereocenters. The van der Waals surface area contributed by atoms with Gasteiger partial charge in [-0.05, 0) is 43.0 Å². The van der Waals surface area contributed by atoms with Gasteiger partial charge >= 0.3 is 6.03 Å². The summed E-state index contributed by atoms with van der Waals surface area (Å²) in [4.78, 5) is 14.3. The summed E-state index contributed by atoms with van der Waals surface area (Å²) in [5.74, 6) is 0.472. The van der Waals surface area contributed by atoms with Crippen LogP contribution in [0.1, 0.15) is 32.4 Å². The predicted octanol–water partition coefficient (Wildman–Crippen LogP) is 3.56. The first-order valence-corrected chi connectivity index (χ1v) is 9.17. The number of nitrogens with one attached hydrogen (secondary N) is 2. The number of anilines is 1. The summed E-state index contributed by atoms with van der Waals surface area (Å²) >= 11 is 0. The third-order valence-electron chi connectivity index (χ3n) is 5.34. The molecule has 0 aliphatic carbocycles. The molecule has 3 heterocycles. The standard InChI is InChI=1S/C20H26N4O/c1-15(2)14-21-19(25)23-12-9-20(10-13-23)18-8-5-11-24(18)17-7-4-3-6-16(17)22-20/h3-8,11,15,22H,9-10,12-14H2,1-2H3,(H,21,25). The third-order valence-corrected chi connectivity index (χ3v) is 5.34. The molecule has 1 aromatic carbocycles. The van der Waals surface area contributed by atoms with Crippen molar-refractivity contribution in [3.8, 4) is 5.69 Å². The third kappa shape index (κ3) is 2.77. The first-order chi connectivity index (χ1) is 12.1. The molecule has 1 spiro atoms. The van der Waals surface area contributed by atoms with Gasteiger partial charge < -0.3 is 20.1 Å². The van der Waals surface area contributed by atoms with E-state index in [1.165, 1.54) is 17.1 Å². The van der Waals surface area contributed by atoms with E-state index in [1.54, 1.807) is 0 Å². The van der Waals surface area contributed by atoms with Crippen LogP contribution in [-0.4, -0.2) is 35.1 Å². The van der Waals surface area contributed by atoms with Crippen molar-refractivity contribution in [2.45, 2.75) is 32.2 Å². The molecule has 0 saturated carbocycles. The van der Waals surface area contributed by atoms with Gasteiger partial charge in [0.25, 0.3) is 0 Å². The molecule has 1 aromatic heterocycles. The first kappa shape index (κ1) is 16.1. The molecular weight excluding hydrogens is 312 g/mol. The predicted molar refractivity (Wildman–Crippen MR) is 100 cm³/mol. The monoisotopic (exact) mass is 338 g/mol. The summed E-state index contributed by atoms with van der Waals surface area (Å²) in [6.45, 7) is 6.50. The van der Waals surface area contributed by atoms with E-state index >= 15 is 0 Å². The Kier molecular flexibility index (Phi) is 3.94. The summed E-state index contributed by atoms with van der Waals surface area (Å²) in [7, 11) is 0. The Labute approximate surface area is 149 Å². The molecule has 0 bridgehead atoms. The molecule has 2 aromatic rings. The number of urea groups is 1. The molecule has 0 unspecified atom stereocenters. The maximum atomic E-state index is 12.4. The molecule has 5 nitrogen and oxygen atoms in total. The molecule has 1 saturated heterocycles. The number of nitrogens with zero attached hydrogens (tertiary/aromatic N) is 2. The largest absolute Gasteiger partial charge is 0.372 e. The van der Waals surface area contributed by atoms with Crippen LogP contribution in [0.4, 0.5) is 10.5 Å². The van der Waals surface area contributed by atoms with E-state index in [0.717, 1.165) is 32.5 Å². The Hall–Kier alpha value is -2.43. The zero-order chi connectivity index (χ0) is 17.4. The van der Waals surface area contributed by atoms with Gasteiger partial charge in [-0.2, -0.15) is 0 Å². The fraction of sp³-hybridized carbons (Fsp3) is 0.450. The van der Waals surface area contributed by atoms with Crippen LogP contribution >= 0.6 is 0 Å². The number of rotatable bonds is 2. The lowest BCUT2D eigenvalue weighted by Crippen LogP contribution is -2.53. The van der Waals surface area contributed by atoms with Crippen LogP contribution < -0.4 is 10.6 Å². The normalized spacial score (nSPS) is 17.8. The molecule has 4 rings (SSSR count). The van der Waals surface area contributed by atoms with Crippen molar-refractivity contribution in [2.24, 2.45) is 5.92 Å². The molecular formula is C20H26N4O. The van der Waals surface area contributed by atoms with Crippen LogP contribution in [0, 0.1) is 5.92 Å². The van der Waals surface area contributed by atoms with Crippen molar-refractivity contribution in [2.75, 3.05) is 25.0 Å². The van der Waals surface area contributed by atoms with E-state index in [9.17, 15) is 4.79 Å². The van der Waals surface area contributed by atoms with Crippen molar-refractivity contribution in [1.82, 2.24) is 14.8 Å². The highest BCUT2D eigenvalue weighted by Gasteiger charge is 2.42. The Morgan fingerprint density at radius 2 is 1.96 bits per heavy atom. The van der Waals surface area contributed by atoms with Gasteiger partial charge in [-0.15, -0.1) is 0 Å². The molecule has 25 heavy (non-hydrogen) atoms. The number of amides is 2. The zero-order valence-electron chi connectivity index (χ0n) is 15.0. The Morgan fingerprint density at radius 1 is 1.20 bits per heavy atom. The molecule has 0 radical (unpaired) electrons. The van der Waals surface area contributed by atoms with E-state index < -0.39 is 0 Å². The van der Waals surface area contributed by atoms with Crippen LogP contribution in [0.25, 0.3) is 5.69 Å². The Balaban J connectivity index is 1.53. The van der Waals surface area contributed by atoms with Crippen LogP contribution in [0.15, 0.2) is 42.6 Å². The maximum Gasteiger partial charge on any atom is 0.317 e. The van der Waals surface area contributed by atoms with Crippen molar-refractivity contribution < 1.29 is 4.79 Å². The summed E-state index contributed by atoms with van der Waals surface area (Å²) < 4.78 is 2.29. The highest BCUT2D eigenvalue weighted by molar-refractivity contribution is 5.74. The van der Waals surface area contributed by atoms with E-state index in [1.807, 2.05) is 4.90 Å². The number of aromatic nitrogens is 1. The maximum absolute atomic E-state index is 12.4. The quantitative estimate of drug-likeness (QED) is 0.880. The average Bonchev–Trinajstić information content (AvgIpc) is 3.11. The van der Waals surface area contributed by atoms with Crippen LogP contribution in [0.2, 0.25) is 0 Å². The van der Waals surface area contributed by atoms with Gasteiger partial charge in [-0.3, -0.25) is 0 Å². The van der Waals surface area contributed by atoms with Crippen molar-refractivity contribution in [3.05, 3.63) is 48.3 Å². The van der Waals surface area contributed by atoms with E-state index in [2.05, 4.69) is 71.6 Å². The van der Waals surface area contributed by atoms with Crippen LogP contribution in [-0.2, 0) is 5.54 Å². The molecule has 2 N–H and O–H groups in total. The number of carbonyl (C=O) groups excluding carboxylic acids is 1. The summed E-state index contributed by atoms with van der Waals surface area (Å²) in [5.41, 5.74) is 3.58. The van der Waals surface area contributed by atoms with E-state index in [0.29, 0.717) is 5.92 Å². The number of piperidine rings is 1. The summed E-state index contributed by atoms with van der Waals surface area (Å²) in [5, 5.41) is 6.82. The topological polar surface area (TPSA) is 49.3 Å². The lowest BCUT2D eigenvalue weighted by molar-refractivity contribution is 0.162. The van der Waals surface area contributed by atoms with E-state index in [-0.39, 0.29) is 11.6 Å². The van der Waals surface area contributed by atoms with Gasteiger partial charge in [-0.25, -0.2) is 4.79 Å². The molecule has 1 fully saturated rings. The fourth-order valence-electron chi connectivity index (χ4n) is 3.97. The number of benzene rings is 1. The smallest absolute Gasteiger partial charge is 0.317 e. The second kappa shape index (κ2) is 6.14. The highest BCUT2D eigenvalue weighted by atomic mass is 16.2. The molecule has 2 aliphatic heterocycles. The van der Waals surface area contributed by atoms with Gasteiger partial charge in [0.15, 0.2) is 0 Å². The second-order valence-electron chi connectivity index (χ2n) is 7.55. The van der Waals surface area contributed by atoms with E-state index in [4.69, 9.17) is 0 Å². The second-order valence-corrected chi connectivity index (χ2v) is 7.55. The van der Waals surface area contributed by atoms with Gasteiger partial charge in [0.05, 0.1) is 16.9 Å². The number of likely N-dealkylation sites (tertiary alicyclic amines) is 1. The van der Waals surface area contributed by atoms with Crippen molar-refractivity contribution in [3.63, 3.8) is 0 Å². The Morgan fingerprint density at radius 3 is 2.72 bits per heavy atom. The number of carbonyl (C=O) groups is 1. The minimum Gasteiger partial charge on any atom is -0.372 e. The highest BCUT2D eigenvalue weighted by Crippen LogP contribution is 2.43. The van der Waals surface area contributed by atoms with Crippen molar-refractivity contribution >= 4 is 11.7 Å². The van der Waals surface area contributed by atoms with Crippen LogP contribution in [0.3, 0.4) is 0 Å². The molecule has 132 valence electrons. The lowest BCUT2D eigenvalue weighted by atomic mass is 9.82. The molecule has 2 aliphatic rings. The number of hydrogen-bond donors (Lipinski definition) is 2. The number of para-hydroxylation sites is 2. The molecule has 5 heteroatoms. The van der Waals surface area contributed by atoms with Crippen molar-refractivity contribution in [1.29, 1.82) is 0 Å².